The summed E-state index contributed by atoms with van der Waals surface area (Å²) in [6.45, 7) is 0.596. The highest BCUT2D eigenvalue weighted by atomic mass is 35.5. The summed E-state index contributed by atoms with van der Waals surface area (Å²) in [6, 6.07) is 15.1. The Kier molecular flexibility index (Phi) is 15.0. The van der Waals surface area contributed by atoms with Crippen LogP contribution in [0.1, 0.15) is 40.2 Å². The molecule has 0 aliphatic carbocycles. The van der Waals surface area contributed by atoms with Crippen LogP contribution in [-0.2, 0) is 29.3 Å². The van der Waals surface area contributed by atoms with Crippen LogP contribution in [0.15, 0.2) is 60.8 Å². The number of benzene rings is 2. The highest BCUT2D eigenvalue weighted by Crippen LogP contribution is 2.41. The van der Waals surface area contributed by atoms with Crippen LogP contribution < -0.4 is 25.4 Å². The molecule has 0 radical (unpaired) electrons. The van der Waals surface area contributed by atoms with Gasteiger partial charge in [-0.3, -0.25) is 19.4 Å². The van der Waals surface area contributed by atoms with E-state index < -0.39 is 30.1 Å². The molecule has 1 amide bonds. The number of aliphatic carboxylic acids is 2. The number of carbonyl (C=O) groups is 3. The molecule has 0 aliphatic rings. The molecule has 17 heteroatoms. The smallest absolute Gasteiger partial charge is 0.306 e. The first-order valence-electron chi connectivity index (χ1n) is 15.8. The maximum Gasteiger partial charge on any atom is 0.306 e. The van der Waals surface area contributed by atoms with Gasteiger partial charge in [-0.2, -0.15) is 0 Å². The standard InChI is InChI=1S/C35H36Cl3N5O9/c1-51-35-20(15-40-17-22(45)12-31(48)49)10-25(36)28(43-35)18-52-29-7-3-5-24(33(29)38)23-4-2-6-26(32(23)37)42-34(50)27-9-8-19(14-41-27)13-39-16-21(44)11-30(46)47/h2-10,14,21-22,39-40,44-45H,11-13,15-18H2,1H3,(H,42,50)(H,46,47)(H,48,49)/t21-,22-/m0/s1. The zero-order valence-corrected chi connectivity index (χ0v) is 30.0. The second-order valence-corrected chi connectivity index (χ2v) is 12.6. The van der Waals surface area contributed by atoms with Gasteiger partial charge in [0.05, 0.1) is 52.9 Å². The molecule has 0 unspecified atom stereocenters. The number of aromatic nitrogens is 2. The first kappa shape index (κ1) is 40.2. The number of nitrogens with one attached hydrogen (secondary N) is 3. The molecule has 0 fully saturated rings. The molecule has 0 bridgehead atoms. The number of amides is 1. The number of rotatable bonds is 19. The van der Waals surface area contributed by atoms with Crippen LogP contribution >= 0.6 is 34.8 Å². The van der Waals surface area contributed by atoms with Crippen LogP contribution in [0.5, 0.6) is 11.6 Å². The third-order valence-electron chi connectivity index (χ3n) is 7.43. The highest BCUT2D eigenvalue weighted by molar-refractivity contribution is 6.39. The molecule has 4 rings (SSSR count). The number of aliphatic hydroxyl groups is 2. The molecule has 52 heavy (non-hydrogen) atoms. The maximum atomic E-state index is 13.0. The molecule has 276 valence electrons. The molecule has 2 heterocycles. The van der Waals surface area contributed by atoms with Crippen LogP contribution in [0, 0.1) is 0 Å². The molecule has 2 aromatic heterocycles. The van der Waals surface area contributed by atoms with E-state index >= 15 is 0 Å². The van der Waals surface area contributed by atoms with Gasteiger partial charge in [-0.1, -0.05) is 65.1 Å². The second kappa shape index (κ2) is 19.3. The summed E-state index contributed by atoms with van der Waals surface area (Å²) in [5.41, 5.74) is 3.20. The van der Waals surface area contributed by atoms with Crippen LogP contribution in [0.4, 0.5) is 5.69 Å². The number of hydrogen-bond acceptors (Lipinski definition) is 11. The Hall–Kier alpha value is -4.54. The van der Waals surface area contributed by atoms with Crippen molar-refractivity contribution < 1.29 is 44.3 Å². The number of methoxy groups -OCH3 is 1. The Bertz CT molecular complexity index is 1880. The SMILES string of the molecule is COc1nc(COc2cccc(-c3cccc(NC(=O)c4ccc(CNC[C@@H](O)CC(=O)O)cn4)c3Cl)c2Cl)c(Cl)cc1CNC[C@@H](O)CC(=O)O. The van der Waals surface area contributed by atoms with Crippen molar-refractivity contribution in [1.29, 1.82) is 0 Å². The van der Waals surface area contributed by atoms with E-state index in [1.807, 2.05) is 0 Å². The Morgan fingerprint density at radius 3 is 2.10 bits per heavy atom. The van der Waals surface area contributed by atoms with Crippen LogP contribution in [0.2, 0.25) is 15.1 Å². The van der Waals surface area contributed by atoms with E-state index in [4.69, 9.17) is 54.5 Å². The Labute approximate surface area is 313 Å². The average Bonchev–Trinajstić information content (AvgIpc) is 3.09. The maximum absolute atomic E-state index is 13.0. The van der Waals surface area contributed by atoms with Gasteiger partial charge >= 0.3 is 11.9 Å². The summed E-state index contributed by atoms with van der Waals surface area (Å²) in [7, 11) is 1.44. The van der Waals surface area contributed by atoms with Gasteiger partial charge in [0, 0.05) is 49.1 Å². The number of ether oxygens (including phenoxy) is 2. The minimum atomic E-state index is -1.10. The third-order valence-corrected chi connectivity index (χ3v) is 8.55. The van der Waals surface area contributed by atoms with Gasteiger partial charge in [0.1, 0.15) is 23.7 Å². The molecule has 4 aromatic rings. The van der Waals surface area contributed by atoms with Crippen molar-refractivity contribution in [2.24, 2.45) is 0 Å². The lowest BCUT2D eigenvalue weighted by Crippen LogP contribution is -2.28. The van der Waals surface area contributed by atoms with Gasteiger partial charge in [0.25, 0.3) is 5.91 Å². The van der Waals surface area contributed by atoms with Crippen molar-refractivity contribution in [2.45, 2.75) is 44.7 Å². The molecular formula is C35H36Cl3N5O9. The molecule has 0 aliphatic heterocycles. The molecule has 0 saturated heterocycles. The van der Waals surface area contributed by atoms with Gasteiger partial charge in [-0.15, -0.1) is 0 Å². The number of hydrogen-bond donors (Lipinski definition) is 7. The lowest BCUT2D eigenvalue weighted by Gasteiger charge is -2.16. The van der Waals surface area contributed by atoms with E-state index in [1.165, 1.54) is 19.4 Å². The van der Waals surface area contributed by atoms with Crippen LogP contribution in [0.3, 0.4) is 0 Å². The van der Waals surface area contributed by atoms with Crippen molar-refractivity contribution in [1.82, 2.24) is 20.6 Å². The van der Waals surface area contributed by atoms with Crippen molar-refractivity contribution in [3.05, 3.63) is 98.4 Å². The number of carboxylic acid groups (broad SMARTS) is 2. The van der Waals surface area contributed by atoms with E-state index in [9.17, 15) is 24.6 Å². The summed E-state index contributed by atoms with van der Waals surface area (Å²) in [5, 5.41) is 46.5. The zero-order valence-electron chi connectivity index (χ0n) is 27.7. The number of pyridine rings is 2. The van der Waals surface area contributed by atoms with Crippen molar-refractivity contribution >= 4 is 58.3 Å². The number of carbonyl (C=O) groups excluding carboxylic acids is 1. The first-order chi connectivity index (χ1) is 24.9. The fourth-order valence-electron chi connectivity index (χ4n) is 4.92. The zero-order chi connectivity index (χ0) is 37.8. The van der Waals surface area contributed by atoms with E-state index in [0.29, 0.717) is 40.4 Å². The Morgan fingerprint density at radius 1 is 0.846 bits per heavy atom. The predicted molar refractivity (Wildman–Crippen MR) is 194 cm³/mol. The normalized spacial score (nSPS) is 12.2. The number of halogens is 3. The van der Waals surface area contributed by atoms with Gasteiger partial charge in [0.15, 0.2) is 0 Å². The fraction of sp³-hybridized carbons (Fsp3) is 0.286. The molecule has 2 atom stereocenters. The number of aliphatic hydroxyl groups excluding tert-OH is 2. The summed E-state index contributed by atoms with van der Waals surface area (Å²) in [4.78, 5) is 43.2. The minimum absolute atomic E-state index is 0.0453. The van der Waals surface area contributed by atoms with Gasteiger partial charge in [0.2, 0.25) is 5.88 Å². The first-order valence-corrected chi connectivity index (χ1v) is 16.9. The molecule has 0 spiro atoms. The molecule has 2 aromatic carbocycles. The van der Waals surface area contributed by atoms with Gasteiger partial charge in [-0.05, 0) is 29.8 Å². The summed E-state index contributed by atoms with van der Waals surface area (Å²) >= 11 is 20.1. The molecular weight excluding hydrogens is 741 g/mol. The van der Waals surface area contributed by atoms with E-state index in [-0.39, 0.29) is 65.7 Å². The molecule has 7 N–H and O–H groups in total. The number of carboxylic acids is 2. The lowest BCUT2D eigenvalue weighted by molar-refractivity contribution is -0.140. The van der Waals surface area contributed by atoms with E-state index in [1.54, 1.807) is 48.5 Å². The average molecular weight is 777 g/mol. The summed E-state index contributed by atoms with van der Waals surface area (Å²) in [6.07, 6.45) is -1.34. The number of anilines is 1. The minimum Gasteiger partial charge on any atom is -0.486 e. The lowest BCUT2D eigenvalue weighted by atomic mass is 10.0. The van der Waals surface area contributed by atoms with Crippen molar-refractivity contribution in [3.8, 4) is 22.8 Å². The Morgan fingerprint density at radius 2 is 1.48 bits per heavy atom. The largest absolute Gasteiger partial charge is 0.486 e. The van der Waals surface area contributed by atoms with Crippen LogP contribution in [0.25, 0.3) is 11.1 Å². The highest BCUT2D eigenvalue weighted by Gasteiger charge is 2.19. The fourth-order valence-corrected chi connectivity index (χ4v) is 5.70. The topological polar surface area (TPSA) is 212 Å². The summed E-state index contributed by atoms with van der Waals surface area (Å²) in [5.74, 6) is -2.12. The molecule has 14 nitrogen and oxygen atoms in total. The second-order valence-electron chi connectivity index (χ2n) is 11.4. The quantitative estimate of drug-likeness (QED) is 0.0684. The Balaban J connectivity index is 1.41. The van der Waals surface area contributed by atoms with E-state index in [0.717, 1.165) is 5.56 Å². The predicted octanol–water partition coefficient (Wildman–Crippen LogP) is 4.79. The van der Waals surface area contributed by atoms with Gasteiger partial charge in [-0.25, -0.2) is 4.98 Å². The third kappa shape index (κ3) is 11.5. The number of nitrogens with zero attached hydrogens (tertiary/aromatic N) is 2. The van der Waals surface area contributed by atoms with Crippen molar-refractivity contribution in [2.75, 3.05) is 25.5 Å². The molecule has 0 saturated carbocycles. The van der Waals surface area contributed by atoms with Crippen molar-refractivity contribution in [3.63, 3.8) is 0 Å². The monoisotopic (exact) mass is 775 g/mol. The van der Waals surface area contributed by atoms with Crippen LogP contribution in [-0.4, -0.2) is 80.6 Å². The summed E-state index contributed by atoms with van der Waals surface area (Å²) < 4.78 is 11.4. The van der Waals surface area contributed by atoms with E-state index in [2.05, 4.69) is 25.9 Å². The van der Waals surface area contributed by atoms with Gasteiger partial charge < -0.3 is 45.9 Å².